The van der Waals surface area contributed by atoms with Crippen LogP contribution in [0, 0.1) is 5.92 Å². The van der Waals surface area contributed by atoms with Crippen molar-refractivity contribution in [2.75, 3.05) is 11.9 Å². The fourth-order valence-electron chi connectivity index (χ4n) is 2.14. The van der Waals surface area contributed by atoms with E-state index in [1.54, 1.807) is 0 Å². The van der Waals surface area contributed by atoms with Crippen LogP contribution >= 0.6 is 0 Å². The van der Waals surface area contributed by atoms with E-state index in [1.165, 1.54) is 12.8 Å². The first-order chi connectivity index (χ1) is 8.13. The number of hydrogen-bond acceptors (Lipinski definition) is 3. The van der Waals surface area contributed by atoms with Crippen molar-refractivity contribution >= 4 is 5.69 Å². The molecule has 1 N–H and O–H groups in total. The van der Waals surface area contributed by atoms with E-state index in [0.29, 0.717) is 12.5 Å². The predicted octanol–water partition coefficient (Wildman–Crippen LogP) is 2.76. The van der Waals surface area contributed by atoms with E-state index in [0.717, 1.165) is 17.3 Å². The summed E-state index contributed by atoms with van der Waals surface area (Å²) in [7, 11) is 2.12. The molecule has 1 aliphatic rings. The number of aliphatic hydroxyl groups is 1. The minimum atomic E-state index is -0.435. The Bertz CT molecular complexity index is 359. The molecule has 0 saturated heterocycles. The zero-order valence-electron chi connectivity index (χ0n) is 10.9. The molecule has 1 fully saturated rings. The number of aromatic nitrogens is 1. The van der Waals surface area contributed by atoms with Crippen molar-refractivity contribution in [1.82, 2.24) is 4.98 Å². The topological polar surface area (TPSA) is 36.4 Å². The van der Waals surface area contributed by atoms with E-state index in [9.17, 15) is 5.11 Å². The standard InChI is InChI=1S/C14H22N2O/c1-4-14(17)13-8-7-12(9-15-13)16(3)10(2)11-5-6-11/h7-11,14,17H,4-6H2,1-3H3/t10?,14-/m0/s1. The van der Waals surface area contributed by atoms with Crippen LogP contribution in [0.1, 0.15) is 44.9 Å². The summed E-state index contributed by atoms with van der Waals surface area (Å²) < 4.78 is 0. The molecular weight excluding hydrogens is 212 g/mol. The van der Waals surface area contributed by atoms with Crippen molar-refractivity contribution in [3.05, 3.63) is 24.0 Å². The first kappa shape index (κ1) is 12.4. The molecule has 1 saturated carbocycles. The number of hydrogen-bond donors (Lipinski definition) is 1. The quantitative estimate of drug-likeness (QED) is 0.851. The molecule has 0 aromatic carbocycles. The van der Waals surface area contributed by atoms with Gasteiger partial charge in [0.25, 0.3) is 0 Å². The second-order valence-electron chi connectivity index (χ2n) is 5.05. The van der Waals surface area contributed by atoms with Gasteiger partial charge >= 0.3 is 0 Å². The van der Waals surface area contributed by atoms with E-state index in [-0.39, 0.29) is 0 Å². The molecule has 2 atom stereocenters. The molecule has 94 valence electrons. The Morgan fingerprint density at radius 1 is 1.47 bits per heavy atom. The third-order valence-electron chi connectivity index (χ3n) is 3.82. The van der Waals surface area contributed by atoms with Gasteiger partial charge in [0.15, 0.2) is 0 Å². The molecule has 1 aromatic rings. The maximum Gasteiger partial charge on any atom is 0.0957 e. The maximum atomic E-state index is 9.69. The van der Waals surface area contributed by atoms with E-state index in [2.05, 4.69) is 29.9 Å². The third-order valence-corrected chi connectivity index (χ3v) is 3.82. The zero-order chi connectivity index (χ0) is 12.4. The van der Waals surface area contributed by atoms with Crippen molar-refractivity contribution in [3.8, 4) is 0 Å². The van der Waals surface area contributed by atoms with Crippen molar-refractivity contribution in [2.45, 2.75) is 45.3 Å². The lowest BCUT2D eigenvalue weighted by atomic mass is 10.1. The van der Waals surface area contributed by atoms with Crippen molar-refractivity contribution < 1.29 is 5.11 Å². The second-order valence-corrected chi connectivity index (χ2v) is 5.05. The number of anilines is 1. The Morgan fingerprint density at radius 3 is 2.65 bits per heavy atom. The minimum Gasteiger partial charge on any atom is -0.387 e. The summed E-state index contributed by atoms with van der Waals surface area (Å²) in [5, 5.41) is 9.69. The van der Waals surface area contributed by atoms with Crippen LogP contribution in [0.15, 0.2) is 18.3 Å². The molecule has 0 spiro atoms. The number of aliphatic hydroxyl groups excluding tert-OH is 1. The molecule has 1 aromatic heterocycles. The minimum absolute atomic E-state index is 0.435. The van der Waals surface area contributed by atoms with Gasteiger partial charge in [-0.1, -0.05) is 6.92 Å². The van der Waals surface area contributed by atoms with Gasteiger partial charge < -0.3 is 10.0 Å². The molecule has 0 aliphatic heterocycles. The normalized spacial score (nSPS) is 18.8. The van der Waals surface area contributed by atoms with Gasteiger partial charge in [0.05, 0.1) is 23.7 Å². The Hall–Kier alpha value is -1.09. The van der Waals surface area contributed by atoms with Crippen LogP contribution in [-0.4, -0.2) is 23.2 Å². The van der Waals surface area contributed by atoms with Crippen LogP contribution in [0.5, 0.6) is 0 Å². The Labute approximate surface area is 103 Å². The van der Waals surface area contributed by atoms with E-state index in [1.807, 2.05) is 19.2 Å². The smallest absolute Gasteiger partial charge is 0.0957 e. The first-order valence-electron chi connectivity index (χ1n) is 6.50. The lowest BCUT2D eigenvalue weighted by Crippen LogP contribution is -2.30. The first-order valence-corrected chi connectivity index (χ1v) is 6.50. The van der Waals surface area contributed by atoms with Crippen LogP contribution in [0.4, 0.5) is 5.69 Å². The predicted molar refractivity (Wildman–Crippen MR) is 70.1 cm³/mol. The monoisotopic (exact) mass is 234 g/mol. The van der Waals surface area contributed by atoms with Gasteiger partial charge in [-0.05, 0) is 44.2 Å². The number of nitrogens with zero attached hydrogens (tertiary/aromatic N) is 2. The Morgan fingerprint density at radius 2 is 2.18 bits per heavy atom. The van der Waals surface area contributed by atoms with Crippen LogP contribution < -0.4 is 4.90 Å². The Balaban J connectivity index is 2.06. The SMILES string of the molecule is CC[C@H](O)c1ccc(N(C)C(C)C2CC2)cn1. The highest BCUT2D eigenvalue weighted by Crippen LogP contribution is 2.36. The lowest BCUT2D eigenvalue weighted by molar-refractivity contribution is 0.169. The molecule has 2 rings (SSSR count). The summed E-state index contributed by atoms with van der Waals surface area (Å²) in [6, 6.07) is 4.57. The van der Waals surface area contributed by atoms with Crippen LogP contribution in [0.2, 0.25) is 0 Å². The van der Waals surface area contributed by atoms with Gasteiger partial charge in [0, 0.05) is 13.1 Å². The zero-order valence-corrected chi connectivity index (χ0v) is 10.9. The second kappa shape index (κ2) is 5.05. The van der Waals surface area contributed by atoms with Crippen LogP contribution in [0.3, 0.4) is 0 Å². The van der Waals surface area contributed by atoms with Gasteiger partial charge in [-0.3, -0.25) is 4.98 Å². The molecular formula is C14H22N2O. The van der Waals surface area contributed by atoms with Gasteiger partial charge in [-0.2, -0.15) is 0 Å². The fraction of sp³-hybridized carbons (Fsp3) is 0.643. The molecule has 3 heteroatoms. The Kier molecular flexibility index (Phi) is 3.67. The largest absolute Gasteiger partial charge is 0.387 e. The van der Waals surface area contributed by atoms with Crippen molar-refractivity contribution in [1.29, 1.82) is 0 Å². The number of rotatable bonds is 5. The van der Waals surface area contributed by atoms with Crippen LogP contribution in [0.25, 0.3) is 0 Å². The average molecular weight is 234 g/mol. The summed E-state index contributed by atoms with van der Waals surface area (Å²) in [4.78, 5) is 6.63. The summed E-state index contributed by atoms with van der Waals surface area (Å²) in [6.07, 6.45) is 4.85. The van der Waals surface area contributed by atoms with Gasteiger partial charge in [0.1, 0.15) is 0 Å². The summed E-state index contributed by atoms with van der Waals surface area (Å²) in [5.41, 5.74) is 1.90. The fourth-order valence-corrected chi connectivity index (χ4v) is 2.14. The van der Waals surface area contributed by atoms with Gasteiger partial charge in [-0.25, -0.2) is 0 Å². The lowest BCUT2D eigenvalue weighted by Gasteiger charge is -2.27. The van der Waals surface area contributed by atoms with Gasteiger partial charge in [0.2, 0.25) is 0 Å². The van der Waals surface area contributed by atoms with Crippen LogP contribution in [-0.2, 0) is 0 Å². The highest BCUT2D eigenvalue weighted by atomic mass is 16.3. The highest BCUT2D eigenvalue weighted by Gasteiger charge is 2.30. The molecule has 3 nitrogen and oxygen atoms in total. The summed E-state index contributed by atoms with van der Waals surface area (Å²) in [5.74, 6) is 0.848. The molecule has 0 radical (unpaired) electrons. The highest BCUT2D eigenvalue weighted by molar-refractivity contribution is 5.45. The third kappa shape index (κ3) is 2.78. The van der Waals surface area contributed by atoms with Gasteiger partial charge in [-0.15, -0.1) is 0 Å². The van der Waals surface area contributed by atoms with E-state index < -0.39 is 6.10 Å². The maximum absolute atomic E-state index is 9.69. The summed E-state index contributed by atoms with van der Waals surface area (Å²) in [6.45, 7) is 4.23. The van der Waals surface area contributed by atoms with E-state index in [4.69, 9.17) is 0 Å². The molecule has 17 heavy (non-hydrogen) atoms. The molecule has 1 aliphatic carbocycles. The number of pyridine rings is 1. The average Bonchev–Trinajstić information content (AvgIpc) is 3.20. The van der Waals surface area contributed by atoms with Crippen molar-refractivity contribution in [2.24, 2.45) is 5.92 Å². The van der Waals surface area contributed by atoms with E-state index >= 15 is 0 Å². The molecule has 0 amide bonds. The molecule has 0 bridgehead atoms. The molecule has 1 unspecified atom stereocenters. The summed E-state index contributed by atoms with van der Waals surface area (Å²) >= 11 is 0. The van der Waals surface area contributed by atoms with Crippen molar-refractivity contribution in [3.63, 3.8) is 0 Å². The molecule has 1 heterocycles.